The van der Waals surface area contributed by atoms with Gasteiger partial charge in [-0.15, -0.1) is 0 Å². The van der Waals surface area contributed by atoms with Crippen molar-refractivity contribution in [2.24, 2.45) is 0 Å². The topological polar surface area (TPSA) is 79.2 Å². The maximum atomic E-state index is 9.28. The molecule has 3 fully saturated rings. The van der Waals surface area contributed by atoms with E-state index in [0.717, 1.165) is 0 Å². The van der Waals surface area contributed by atoms with Crippen LogP contribution in [0, 0.1) is 0 Å². The first-order valence-electron chi connectivity index (χ1n) is 3.52. The number of aliphatic hydroxyl groups is 3. The molecule has 11 heavy (non-hydrogen) atoms. The summed E-state index contributed by atoms with van der Waals surface area (Å²) in [6.45, 7) is -0.246. The second-order valence-electron chi connectivity index (χ2n) is 2.81. The lowest BCUT2D eigenvalue weighted by Gasteiger charge is -2.51. The van der Waals surface area contributed by atoms with Crippen molar-refractivity contribution in [3.63, 3.8) is 0 Å². The molecule has 0 aromatic rings. The average Bonchev–Trinajstić information content (AvgIpc) is 2.03. The summed E-state index contributed by atoms with van der Waals surface area (Å²) in [5.74, 6) is 0. The van der Waals surface area contributed by atoms with E-state index in [4.69, 9.17) is 19.7 Å². The summed E-state index contributed by atoms with van der Waals surface area (Å²) in [5.41, 5.74) is 0. The second kappa shape index (κ2) is 2.40. The van der Waals surface area contributed by atoms with Gasteiger partial charge in [-0.1, -0.05) is 0 Å². The molecular formula is C6H10O5. The van der Waals surface area contributed by atoms with Crippen LogP contribution in [0.25, 0.3) is 0 Å². The zero-order valence-electron chi connectivity index (χ0n) is 5.75. The molecule has 3 rings (SSSR count). The van der Waals surface area contributed by atoms with Crippen LogP contribution in [0.4, 0.5) is 0 Å². The van der Waals surface area contributed by atoms with Crippen molar-refractivity contribution in [1.29, 1.82) is 0 Å². The molecule has 3 aliphatic heterocycles. The van der Waals surface area contributed by atoms with Gasteiger partial charge in [-0.2, -0.15) is 0 Å². The minimum atomic E-state index is -0.917. The molecule has 0 aromatic heterocycles. The highest BCUT2D eigenvalue weighted by atomic mass is 16.8. The van der Waals surface area contributed by atoms with Crippen LogP contribution in [0.5, 0.6) is 0 Å². The van der Waals surface area contributed by atoms with Crippen LogP contribution in [0.2, 0.25) is 0 Å². The molecule has 5 atom stereocenters. The van der Waals surface area contributed by atoms with E-state index in [1.54, 1.807) is 0 Å². The summed E-state index contributed by atoms with van der Waals surface area (Å²) in [6, 6.07) is 0. The third-order valence-corrected chi connectivity index (χ3v) is 2.11. The quantitative estimate of drug-likeness (QED) is 0.408. The predicted molar refractivity (Wildman–Crippen MR) is 32.6 cm³/mol. The first-order chi connectivity index (χ1) is 5.24. The highest BCUT2D eigenvalue weighted by molar-refractivity contribution is 4.97. The SMILES string of the molecule is OC[C@H]1O[C@@H]2O[C@H]([C@H]2O)[C@@H]1O. The van der Waals surface area contributed by atoms with Crippen LogP contribution in [0.1, 0.15) is 0 Å². The Morgan fingerprint density at radius 2 is 1.82 bits per heavy atom. The molecule has 3 saturated heterocycles. The fraction of sp³-hybridized carbons (Fsp3) is 1.00. The number of hydrogen-bond donors (Lipinski definition) is 3. The van der Waals surface area contributed by atoms with Gasteiger partial charge in [0, 0.05) is 0 Å². The maximum absolute atomic E-state index is 9.28. The van der Waals surface area contributed by atoms with Gasteiger partial charge in [0.05, 0.1) is 6.61 Å². The molecule has 5 heteroatoms. The van der Waals surface area contributed by atoms with Crippen molar-refractivity contribution in [2.45, 2.75) is 30.7 Å². The van der Waals surface area contributed by atoms with Crippen LogP contribution < -0.4 is 0 Å². The monoisotopic (exact) mass is 162 g/mol. The van der Waals surface area contributed by atoms with Gasteiger partial charge < -0.3 is 24.8 Å². The Morgan fingerprint density at radius 3 is 2.27 bits per heavy atom. The third kappa shape index (κ3) is 0.896. The van der Waals surface area contributed by atoms with Gasteiger partial charge in [0.15, 0.2) is 6.29 Å². The Balaban J connectivity index is 2.03. The Kier molecular flexibility index (Phi) is 1.62. The van der Waals surface area contributed by atoms with Crippen LogP contribution in [-0.4, -0.2) is 52.6 Å². The van der Waals surface area contributed by atoms with Crippen LogP contribution in [-0.2, 0) is 9.47 Å². The van der Waals surface area contributed by atoms with Crippen molar-refractivity contribution in [1.82, 2.24) is 0 Å². The lowest BCUT2D eigenvalue weighted by molar-refractivity contribution is -0.407. The Bertz CT molecular complexity index is 159. The minimum Gasteiger partial charge on any atom is -0.394 e. The lowest BCUT2D eigenvalue weighted by Crippen LogP contribution is -2.69. The highest BCUT2D eigenvalue weighted by Gasteiger charge is 2.54. The van der Waals surface area contributed by atoms with E-state index >= 15 is 0 Å². The average molecular weight is 162 g/mol. The molecule has 0 unspecified atom stereocenters. The Hall–Kier alpha value is -0.200. The number of fused-ring (bicyclic) bond motifs is 2. The number of rotatable bonds is 1. The molecule has 0 aliphatic carbocycles. The molecule has 3 N–H and O–H groups in total. The summed E-state index contributed by atoms with van der Waals surface area (Å²) in [6.07, 6.45) is -3.50. The van der Waals surface area contributed by atoms with E-state index in [1.807, 2.05) is 0 Å². The molecule has 0 amide bonds. The Labute approximate surface area is 63.2 Å². The molecule has 3 aliphatic rings. The van der Waals surface area contributed by atoms with Gasteiger partial charge in [0.2, 0.25) is 0 Å². The smallest absolute Gasteiger partial charge is 0.187 e. The standard InChI is InChI=1S/C6H10O5/c7-1-2-3(8)5-4(9)6(10-2)11-5/h2-9H,1H2/t2-,3-,4-,5+,6-/m1/s1. The van der Waals surface area contributed by atoms with Crippen molar-refractivity contribution in [2.75, 3.05) is 6.61 Å². The summed E-state index contributed by atoms with van der Waals surface area (Å²) < 4.78 is 9.85. The number of ether oxygens (including phenoxy) is 2. The highest BCUT2D eigenvalue weighted by Crippen LogP contribution is 2.33. The van der Waals surface area contributed by atoms with Crippen LogP contribution in [0.3, 0.4) is 0 Å². The maximum Gasteiger partial charge on any atom is 0.187 e. The molecule has 2 bridgehead atoms. The zero-order valence-corrected chi connectivity index (χ0v) is 5.75. The van der Waals surface area contributed by atoms with Gasteiger partial charge in [-0.25, -0.2) is 0 Å². The van der Waals surface area contributed by atoms with E-state index in [2.05, 4.69) is 0 Å². The van der Waals surface area contributed by atoms with E-state index in [9.17, 15) is 5.11 Å². The summed E-state index contributed by atoms with van der Waals surface area (Å²) >= 11 is 0. The summed E-state index contributed by atoms with van der Waals surface area (Å²) in [5, 5.41) is 27.1. The van der Waals surface area contributed by atoms with Gasteiger partial charge in [0.25, 0.3) is 0 Å². The molecule has 0 spiro atoms. The second-order valence-corrected chi connectivity index (χ2v) is 2.81. The zero-order chi connectivity index (χ0) is 8.01. The van der Waals surface area contributed by atoms with Gasteiger partial charge >= 0.3 is 0 Å². The van der Waals surface area contributed by atoms with Gasteiger partial charge in [-0.05, 0) is 0 Å². The van der Waals surface area contributed by atoms with Crippen LogP contribution >= 0.6 is 0 Å². The molecule has 0 saturated carbocycles. The van der Waals surface area contributed by atoms with Crippen molar-refractivity contribution in [3.8, 4) is 0 Å². The fourth-order valence-corrected chi connectivity index (χ4v) is 1.39. The molecule has 0 radical (unpaired) electrons. The van der Waals surface area contributed by atoms with Crippen LogP contribution in [0.15, 0.2) is 0 Å². The van der Waals surface area contributed by atoms with Gasteiger partial charge in [-0.3, -0.25) is 0 Å². The van der Waals surface area contributed by atoms with Crippen molar-refractivity contribution < 1.29 is 24.8 Å². The minimum absolute atomic E-state index is 0.246. The molecular weight excluding hydrogens is 152 g/mol. The molecule has 0 aromatic carbocycles. The molecule has 64 valence electrons. The Morgan fingerprint density at radius 1 is 1.09 bits per heavy atom. The first-order valence-corrected chi connectivity index (χ1v) is 3.52. The lowest BCUT2D eigenvalue weighted by atomic mass is 9.94. The summed E-state index contributed by atoms with van der Waals surface area (Å²) in [7, 11) is 0. The first kappa shape index (κ1) is 7.45. The van der Waals surface area contributed by atoms with E-state index in [0.29, 0.717) is 0 Å². The third-order valence-electron chi connectivity index (χ3n) is 2.11. The van der Waals surface area contributed by atoms with E-state index in [1.165, 1.54) is 0 Å². The van der Waals surface area contributed by atoms with Gasteiger partial charge in [0.1, 0.15) is 24.4 Å². The van der Waals surface area contributed by atoms with Crippen molar-refractivity contribution >= 4 is 0 Å². The predicted octanol–water partition coefficient (Wildman–Crippen LogP) is -2.18. The summed E-state index contributed by atoms with van der Waals surface area (Å²) in [4.78, 5) is 0. The van der Waals surface area contributed by atoms with E-state index in [-0.39, 0.29) is 6.61 Å². The number of aliphatic hydroxyl groups excluding tert-OH is 3. The molecule has 3 heterocycles. The molecule has 5 nitrogen and oxygen atoms in total. The number of hydrogen-bond acceptors (Lipinski definition) is 5. The van der Waals surface area contributed by atoms with E-state index < -0.39 is 30.7 Å². The largest absolute Gasteiger partial charge is 0.394 e. The van der Waals surface area contributed by atoms with Crippen molar-refractivity contribution in [3.05, 3.63) is 0 Å². The fourth-order valence-electron chi connectivity index (χ4n) is 1.39. The normalized spacial score (nSPS) is 55.4.